The topological polar surface area (TPSA) is 66.2 Å². The fourth-order valence-corrected chi connectivity index (χ4v) is 4.63. The molecule has 0 radical (unpaired) electrons. The number of methoxy groups -OCH3 is 1. The third-order valence-corrected chi connectivity index (χ3v) is 6.11. The van der Waals surface area contributed by atoms with Gasteiger partial charge in [-0.2, -0.15) is 4.18 Å². The summed E-state index contributed by atoms with van der Waals surface area (Å²) in [6.45, 7) is 0. The molecule has 118 valence electrons. The Morgan fingerprint density at radius 2 is 2.00 bits per heavy atom. The minimum Gasteiger partial charge on any atom is -0.480 e. The molecule has 3 heterocycles. The van der Waals surface area contributed by atoms with Crippen LogP contribution in [0.1, 0.15) is 24.3 Å². The van der Waals surface area contributed by atoms with Gasteiger partial charge in [-0.25, -0.2) is 9.97 Å². The molecule has 1 aliphatic rings. The van der Waals surface area contributed by atoms with Crippen LogP contribution in [-0.2, 0) is 22.4 Å². The highest BCUT2D eigenvalue weighted by atomic mass is 32.2. The summed E-state index contributed by atoms with van der Waals surface area (Å²) in [5, 5.41) is 0.790. The molecule has 6 nitrogen and oxygen atoms in total. The molecule has 0 spiro atoms. The van der Waals surface area contributed by atoms with Gasteiger partial charge in [0.15, 0.2) is 0 Å². The van der Waals surface area contributed by atoms with Gasteiger partial charge in [-0.15, -0.1) is 0 Å². The van der Waals surface area contributed by atoms with Crippen LogP contribution in [0.25, 0.3) is 11.0 Å². The van der Waals surface area contributed by atoms with Crippen molar-refractivity contribution < 1.29 is 8.92 Å². The summed E-state index contributed by atoms with van der Waals surface area (Å²) >= 11 is 0.0506. The second kappa shape index (κ2) is 6.26. The molecule has 3 rings (SSSR count). The summed E-state index contributed by atoms with van der Waals surface area (Å²) in [5.74, 6) is 2.82. The Morgan fingerprint density at radius 1 is 1.27 bits per heavy atom. The first kappa shape index (κ1) is 15.3. The summed E-state index contributed by atoms with van der Waals surface area (Å²) in [5.41, 5.74) is 1.47. The van der Waals surface area contributed by atoms with Gasteiger partial charge < -0.3 is 4.74 Å². The van der Waals surface area contributed by atoms with Crippen LogP contribution in [0.4, 0.5) is 0 Å². The number of hydrogen-bond acceptors (Lipinski definition) is 5. The van der Waals surface area contributed by atoms with Crippen LogP contribution >= 0.6 is 0 Å². The molecule has 2 aromatic heterocycles. The predicted octanol–water partition coefficient (Wildman–Crippen LogP) is 1.39. The van der Waals surface area contributed by atoms with Gasteiger partial charge in [0.05, 0.1) is 19.6 Å². The van der Waals surface area contributed by atoms with Crippen molar-refractivity contribution in [2.75, 3.05) is 25.7 Å². The van der Waals surface area contributed by atoms with E-state index in [1.807, 2.05) is 6.07 Å². The van der Waals surface area contributed by atoms with Crippen molar-refractivity contribution in [3.8, 4) is 5.88 Å². The van der Waals surface area contributed by atoms with Crippen LogP contribution in [0, 0.1) is 0 Å². The monoisotopic (exact) mass is 322 g/mol. The highest BCUT2D eigenvalue weighted by molar-refractivity contribution is 7.92. The normalized spacial score (nSPS) is 22.0. The smallest absolute Gasteiger partial charge is 0.255 e. The van der Waals surface area contributed by atoms with E-state index in [1.165, 1.54) is 6.33 Å². The van der Waals surface area contributed by atoms with E-state index in [4.69, 9.17) is 8.92 Å². The Kier molecular flexibility index (Phi) is 4.35. The van der Waals surface area contributed by atoms with Gasteiger partial charge in [0.2, 0.25) is 5.88 Å². The van der Waals surface area contributed by atoms with E-state index in [0.717, 1.165) is 35.3 Å². The van der Waals surface area contributed by atoms with E-state index in [9.17, 15) is 4.79 Å². The van der Waals surface area contributed by atoms with Crippen LogP contribution in [0.2, 0.25) is 0 Å². The Bertz CT molecular complexity index is 739. The van der Waals surface area contributed by atoms with Crippen molar-refractivity contribution in [1.29, 1.82) is 0 Å². The van der Waals surface area contributed by atoms with Crippen LogP contribution in [0.3, 0.4) is 0 Å². The molecule has 0 amide bonds. The average Bonchev–Trinajstić information content (AvgIpc) is 2.57. The molecule has 2 aromatic rings. The van der Waals surface area contributed by atoms with Gasteiger partial charge in [-0.1, -0.05) is 0 Å². The molecule has 0 aromatic carbocycles. The van der Waals surface area contributed by atoms with Gasteiger partial charge in [-0.3, -0.25) is 9.36 Å². The first-order chi connectivity index (χ1) is 10.7. The summed E-state index contributed by atoms with van der Waals surface area (Å²) in [4.78, 5) is 21.0. The molecule has 1 saturated heterocycles. The van der Waals surface area contributed by atoms with Gasteiger partial charge in [0.25, 0.3) is 5.56 Å². The Balaban J connectivity index is 2.07. The van der Waals surface area contributed by atoms with Gasteiger partial charge in [0, 0.05) is 25.5 Å². The number of ether oxygens (including phenoxy) is 1. The molecule has 0 N–H and O–H groups in total. The van der Waals surface area contributed by atoms with E-state index in [-0.39, 0.29) is 22.7 Å². The molecular weight excluding hydrogens is 302 g/mol. The number of aryl methyl sites for hydroxylation is 1. The van der Waals surface area contributed by atoms with E-state index in [2.05, 4.69) is 9.97 Å². The van der Waals surface area contributed by atoms with Crippen molar-refractivity contribution >= 4 is 22.2 Å². The van der Waals surface area contributed by atoms with Crippen LogP contribution < -0.4 is 10.3 Å². The van der Waals surface area contributed by atoms with E-state index in [1.54, 1.807) is 25.8 Å². The van der Waals surface area contributed by atoms with Crippen LogP contribution in [0.5, 0.6) is 5.88 Å². The Labute approximate surface area is 132 Å². The third-order valence-electron chi connectivity index (χ3n) is 4.25. The second-order valence-corrected chi connectivity index (χ2v) is 7.40. The van der Waals surface area contributed by atoms with Crippen molar-refractivity contribution in [2.45, 2.75) is 18.8 Å². The lowest BCUT2D eigenvalue weighted by Crippen LogP contribution is -2.29. The lowest BCUT2D eigenvalue weighted by molar-refractivity contribution is 0.402. The standard InChI is InChI=1S/C15H20N3O3S/c1-18-13-12(14(20-2)17-9-16-13)8-11(15(18)19)10-4-6-22(21-3)7-5-10/h8-10H,4-7H2,1-3H3/q+1. The van der Waals surface area contributed by atoms with E-state index >= 15 is 0 Å². The number of aromatic nitrogens is 3. The highest BCUT2D eigenvalue weighted by Gasteiger charge is 2.31. The Morgan fingerprint density at radius 3 is 2.64 bits per heavy atom. The minimum absolute atomic E-state index is 0.0254. The highest BCUT2D eigenvalue weighted by Crippen LogP contribution is 2.31. The zero-order valence-corrected chi connectivity index (χ0v) is 13.9. The fourth-order valence-electron chi connectivity index (χ4n) is 3.00. The van der Waals surface area contributed by atoms with E-state index < -0.39 is 0 Å². The summed E-state index contributed by atoms with van der Waals surface area (Å²) in [7, 11) is 5.10. The largest absolute Gasteiger partial charge is 0.480 e. The molecule has 1 aliphatic heterocycles. The zero-order valence-electron chi connectivity index (χ0n) is 13.0. The summed E-state index contributed by atoms with van der Waals surface area (Å²) in [6, 6.07) is 1.91. The SMILES string of the molecule is COc1ncnc2c1cc(C1CC[S+](OC)CC1)c(=O)n2C. The van der Waals surface area contributed by atoms with E-state index in [0.29, 0.717) is 11.5 Å². The van der Waals surface area contributed by atoms with Crippen LogP contribution in [-0.4, -0.2) is 40.3 Å². The van der Waals surface area contributed by atoms with Crippen LogP contribution in [0.15, 0.2) is 17.2 Å². The number of nitrogens with zero attached hydrogens (tertiary/aromatic N) is 3. The molecule has 0 aliphatic carbocycles. The number of hydrogen-bond donors (Lipinski definition) is 0. The van der Waals surface area contributed by atoms with Crippen molar-refractivity contribution in [2.24, 2.45) is 7.05 Å². The Hall–Kier alpha value is -1.60. The quantitative estimate of drug-likeness (QED) is 0.799. The molecule has 22 heavy (non-hydrogen) atoms. The molecular formula is C15H20N3O3S+. The maximum Gasteiger partial charge on any atom is 0.255 e. The molecule has 0 atom stereocenters. The molecule has 0 unspecified atom stereocenters. The van der Waals surface area contributed by atoms with Gasteiger partial charge >= 0.3 is 0 Å². The van der Waals surface area contributed by atoms with Gasteiger partial charge in [0.1, 0.15) is 34.7 Å². The molecule has 1 fully saturated rings. The molecule has 7 heteroatoms. The lowest BCUT2D eigenvalue weighted by atomic mass is 9.94. The van der Waals surface area contributed by atoms with Crippen molar-refractivity contribution in [3.05, 3.63) is 28.3 Å². The number of fused-ring (bicyclic) bond motifs is 1. The number of pyridine rings is 1. The maximum absolute atomic E-state index is 12.7. The lowest BCUT2D eigenvalue weighted by Gasteiger charge is -2.21. The molecule has 0 saturated carbocycles. The summed E-state index contributed by atoms with van der Waals surface area (Å²) < 4.78 is 12.4. The second-order valence-electron chi connectivity index (χ2n) is 5.37. The zero-order chi connectivity index (χ0) is 15.7. The first-order valence-corrected chi connectivity index (χ1v) is 8.75. The average molecular weight is 322 g/mol. The van der Waals surface area contributed by atoms with Crippen molar-refractivity contribution in [3.63, 3.8) is 0 Å². The maximum atomic E-state index is 12.7. The fraction of sp³-hybridized carbons (Fsp3) is 0.533. The third kappa shape index (κ3) is 2.59. The van der Waals surface area contributed by atoms with Gasteiger partial charge in [-0.05, 0) is 12.0 Å². The number of rotatable bonds is 3. The first-order valence-electron chi connectivity index (χ1n) is 7.26. The molecule has 0 bridgehead atoms. The minimum atomic E-state index is 0.0254. The van der Waals surface area contributed by atoms with Crippen molar-refractivity contribution in [1.82, 2.24) is 14.5 Å². The predicted molar refractivity (Wildman–Crippen MR) is 87.4 cm³/mol. The summed E-state index contributed by atoms with van der Waals surface area (Å²) in [6.07, 6.45) is 3.38.